The number of para-hydroxylation sites is 2. The zero-order valence-corrected chi connectivity index (χ0v) is 14.9. The number of benzene rings is 1. The molecule has 1 atom stereocenters. The predicted octanol–water partition coefficient (Wildman–Crippen LogP) is 2.84. The summed E-state index contributed by atoms with van der Waals surface area (Å²) in [6.45, 7) is 2.33. The van der Waals surface area contributed by atoms with E-state index in [1.165, 1.54) is 25.7 Å². The first kappa shape index (κ1) is 17.7. The number of amides is 1. The van der Waals surface area contributed by atoms with Gasteiger partial charge in [0, 0.05) is 12.6 Å². The molecule has 0 radical (unpaired) electrons. The molecule has 25 heavy (non-hydrogen) atoms. The van der Waals surface area contributed by atoms with Crippen LogP contribution in [-0.2, 0) is 4.79 Å². The van der Waals surface area contributed by atoms with Crippen molar-refractivity contribution in [3.8, 4) is 0 Å². The van der Waals surface area contributed by atoms with Crippen LogP contribution < -0.4 is 10.6 Å². The van der Waals surface area contributed by atoms with Crippen LogP contribution in [0.2, 0.25) is 0 Å². The van der Waals surface area contributed by atoms with Gasteiger partial charge < -0.3 is 15.7 Å². The van der Waals surface area contributed by atoms with Crippen LogP contribution in [-0.4, -0.2) is 39.8 Å². The summed E-state index contributed by atoms with van der Waals surface area (Å²) in [7, 11) is 0. The Hall–Kier alpha value is -2.08. The fourth-order valence-corrected chi connectivity index (χ4v) is 3.59. The van der Waals surface area contributed by atoms with Gasteiger partial charge in [-0.1, -0.05) is 37.8 Å². The Labute approximate surface area is 148 Å². The third-order valence-electron chi connectivity index (χ3n) is 4.96. The number of carbonyl (C=O) groups excluding carboxylic acids is 1. The maximum atomic E-state index is 12.9. The van der Waals surface area contributed by atoms with Crippen LogP contribution in [0.25, 0.3) is 11.0 Å². The van der Waals surface area contributed by atoms with Gasteiger partial charge in [0.05, 0.1) is 17.6 Å². The van der Waals surface area contributed by atoms with Crippen LogP contribution >= 0.6 is 0 Å². The molecule has 1 aliphatic carbocycles. The minimum absolute atomic E-state index is 0.0197. The van der Waals surface area contributed by atoms with Crippen molar-refractivity contribution < 1.29 is 9.90 Å². The summed E-state index contributed by atoms with van der Waals surface area (Å²) < 4.78 is 1.93. The summed E-state index contributed by atoms with van der Waals surface area (Å²) in [6.07, 6.45) is 7.05. The van der Waals surface area contributed by atoms with Crippen molar-refractivity contribution in [3.63, 3.8) is 0 Å². The van der Waals surface area contributed by atoms with Gasteiger partial charge >= 0.3 is 0 Å². The van der Waals surface area contributed by atoms with Crippen LogP contribution in [0, 0.1) is 0 Å². The lowest BCUT2D eigenvalue weighted by atomic mass is 10.1. The zero-order valence-electron chi connectivity index (χ0n) is 14.9. The molecule has 1 unspecified atom stereocenters. The fourth-order valence-electron chi connectivity index (χ4n) is 3.59. The molecule has 0 spiro atoms. The van der Waals surface area contributed by atoms with Crippen LogP contribution in [0.4, 0.5) is 5.95 Å². The van der Waals surface area contributed by atoms with Crippen molar-refractivity contribution in [2.75, 3.05) is 18.5 Å². The van der Waals surface area contributed by atoms with Crippen molar-refractivity contribution in [1.29, 1.82) is 0 Å². The summed E-state index contributed by atoms with van der Waals surface area (Å²) in [5, 5.41) is 15.5. The first-order valence-corrected chi connectivity index (χ1v) is 9.33. The second-order valence-corrected chi connectivity index (χ2v) is 6.82. The topological polar surface area (TPSA) is 79.2 Å². The highest BCUT2D eigenvalue weighted by Gasteiger charge is 2.24. The van der Waals surface area contributed by atoms with Gasteiger partial charge in [-0.25, -0.2) is 4.98 Å². The molecule has 1 aromatic heterocycles. The first-order valence-electron chi connectivity index (χ1n) is 9.33. The monoisotopic (exact) mass is 344 g/mol. The lowest BCUT2D eigenvalue weighted by molar-refractivity contribution is -0.124. The van der Waals surface area contributed by atoms with Crippen molar-refractivity contribution in [1.82, 2.24) is 14.9 Å². The number of hydrogen-bond acceptors (Lipinski definition) is 4. The van der Waals surface area contributed by atoms with Crippen LogP contribution in [0.15, 0.2) is 24.3 Å². The van der Waals surface area contributed by atoms with Gasteiger partial charge in [-0.15, -0.1) is 0 Å². The van der Waals surface area contributed by atoms with Crippen molar-refractivity contribution in [2.24, 2.45) is 0 Å². The van der Waals surface area contributed by atoms with E-state index in [1.807, 2.05) is 35.8 Å². The predicted molar refractivity (Wildman–Crippen MR) is 99.7 cm³/mol. The maximum Gasteiger partial charge on any atom is 0.243 e. The van der Waals surface area contributed by atoms with Gasteiger partial charge in [0.15, 0.2) is 0 Å². The third kappa shape index (κ3) is 4.12. The van der Waals surface area contributed by atoms with E-state index in [1.54, 1.807) is 0 Å². The molecule has 1 aromatic carbocycles. The number of rotatable bonds is 6. The lowest BCUT2D eigenvalue weighted by Crippen LogP contribution is -2.39. The molecule has 1 aliphatic rings. The van der Waals surface area contributed by atoms with Crippen molar-refractivity contribution in [2.45, 2.75) is 57.5 Å². The maximum absolute atomic E-state index is 12.9. The van der Waals surface area contributed by atoms with Crippen molar-refractivity contribution >= 4 is 22.9 Å². The minimum Gasteiger partial charge on any atom is -0.395 e. The highest BCUT2D eigenvalue weighted by molar-refractivity contribution is 5.85. The van der Waals surface area contributed by atoms with E-state index in [9.17, 15) is 4.79 Å². The van der Waals surface area contributed by atoms with Crippen LogP contribution in [0.3, 0.4) is 0 Å². The summed E-state index contributed by atoms with van der Waals surface area (Å²) in [5.74, 6) is 0.654. The smallest absolute Gasteiger partial charge is 0.243 e. The standard InChI is InChI=1S/C19H28N4O2/c1-14(18(25)21-15-8-4-2-3-5-9-15)23-17-11-7-6-10-16(17)22-19(23)20-12-13-24/h6-7,10-11,14-15,24H,2-5,8-9,12-13H2,1H3,(H,20,22)(H,21,25). The summed E-state index contributed by atoms with van der Waals surface area (Å²) in [4.78, 5) is 17.4. The summed E-state index contributed by atoms with van der Waals surface area (Å²) >= 11 is 0. The molecule has 0 aliphatic heterocycles. The van der Waals surface area contributed by atoms with Gasteiger partial charge in [0.1, 0.15) is 6.04 Å². The molecule has 2 aromatic rings. The van der Waals surface area contributed by atoms with Gasteiger partial charge in [0.2, 0.25) is 11.9 Å². The molecule has 1 fully saturated rings. The molecular formula is C19H28N4O2. The van der Waals surface area contributed by atoms with E-state index in [0.717, 1.165) is 23.9 Å². The Kier molecular flexibility index (Phi) is 5.91. The molecular weight excluding hydrogens is 316 g/mol. The number of nitrogens with zero attached hydrogens (tertiary/aromatic N) is 2. The molecule has 1 heterocycles. The van der Waals surface area contributed by atoms with E-state index in [-0.39, 0.29) is 24.6 Å². The van der Waals surface area contributed by atoms with E-state index < -0.39 is 0 Å². The third-order valence-corrected chi connectivity index (χ3v) is 4.96. The number of aliphatic hydroxyl groups is 1. The second kappa shape index (κ2) is 8.34. The minimum atomic E-state index is -0.364. The van der Waals surface area contributed by atoms with E-state index in [0.29, 0.717) is 12.5 Å². The van der Waals surface area contributed by atoms with Crippen LogP contribution in [0.5, 0.6) is 0 Å². The number of imidazole rings is 1. The summed E-state index contributed by atoms with van der Waals surface area (Å²) in [6, 6.07) is 7.71. The van der Waals surface area contributed by atoms with E-state index in [2.05, 4.69) is 15.6 Å². The molecule has 0 bridgehead atoms. The van der Waals surface area contributed by atoms with Gasteiger partial charge in [-0.2, -0.15) is 0 Å². The Morgan fingerprint density at radius 1 is 1.28 bits per heavy atom. The second-order valence-electron chi connectivity index (χ2n) is 6.82. The number of hydrogen-bond donors (Lipinski definition) is 3. The molecule has 6 heteroatoms. The molecule has 1 amide bonds. The summed E-state index contributed by atoms with van der Waals surface area (Å²) in [5.41, 5.74) is 1.77. The quantitative estimate of drug-likeness (QED) is 0.704. The molecule has 136 valence electrons. The Balaban J connectivity index is 1.81. The van der Waals surface area contributed by atoms with Crippen LogP contribution in [0.1, 0.15) is 51.5 Å². The largest absolute Gasteiger partial charge is 0.395 e. The number of fused-ring (bicyclic) bond motifs is 1. The lowest BCUT2D eigenvalue weighted by Gasteiger charge is -2.22. The number of aromatic nitrogens is 2. The average molecular weight is 344 g/mol. The number of nitrogens with one attached hydrogen (secondary N) is 2. The highest BCUT2D eigenvalue weighted by atomic mass is 16.3. The fraction of sp³-hybridized carbons (Fsp3) is 0.579. The average Bonchev–Trinajstić information content (AvgIpc) is 2.79. The van der Waals surface area contributed by atoms with E-state index >= 15 is 0 Å². The van der Waals surface area contributed by atoms with E-state index in [4.69, 9.17) is 5.11 Å². The number of carbonyl (C=O) groups is 1. The molecule has 6 nitrogen and oxygen atoms in total. The Bertz CT molecular complexity index is 705. The van der Waals surface area contributed by atoms with Gasteiger partial charge in [0.25, 0.3) is 0 Å². The Morgan fingerprint density at radius 2 is 2.00 bits per heavy atom. The SMILES string of the molecule is CC(C(=O)NC1CCCCCC1)n1c(NCCO)nc2ccccc21. The molecule has 3 N–H and O–H groups in total. The Morgan fingerprint density at radius 3 is 2.72 bits per heavy atom. The first-order chi connectivity index (χ1) is 12.2. The number of anilines is 1. The van der Waals surface area contributed by atoms with Gasteiger partial charge in [-0.3, -0.25) is 9.36 Å². The molecule has 0 saturated heterocycles. The number of aliphatic hydroxyl groups excluding tert-OH is 1. The van der Waals surface area contributed by atoms with Gasteiger partial charge in [-0.05, 0) is 31.9 Å². The highest BCUT2D eigenvalue weighted by Crippen LogP contribution is 2.25. The molecule has 3 rings (SSSR count). The van der Waals surface area contributed by atoms with Crippen molar-refractivity contribution in [3.05, 3.63) is 24.3 Å². The molecule has 1 saturated carbocycles. The normalized spacial score (nSPS) is 17.2. The zero-order chi connectivity index (χ0) is 17.6.